The third-order valence-corrected chi connectivity index (χ3v) is 4.99. The minimum atomic E-state index is -4.04. The molecule has 0 saturated heterocycles. The van der Waals surface area contributed by atoms with Crippen LogP contribution in [-0.4, -0.2) is 28.6 Å². The van der Waals surface area contributed by atoms with Gasteiger partial charge < -0.3 is 9.84 Å². The number of carboxylic acids is 1. The second-order valence-corrected chi connectivity index (χ2v) is 6.76. The zero-order valence-electron chi connectivity index (χ0n) is 11.1. The Balaban J connectivity index is 1.66. The fourth-order valence-corrected chi connectivity index (χ4v) is 4.69. The van der Waals surface area contributed by atoms with Gasteiger partial charge in [0.05, 0.1) is 0 Å². The van der Waals surface area contributed by atoms with Crippen LogP contribution in [0.5, 0.6) is 0 Å². The number of hydrogen-bond donors (Lipinski definition) is 1. The SMILES string of the molecule is O=C(CC(F)(F)C(=O)O)OC12CC3CC(CC(C3)C1)C2. The van der Waals surface area contributed by atoms with E-state index in [0.717, 1.165) is 38.5 Å². The van der Waals surface area contributed by atoms with Gasteiger partial charge in [-0.3, -0.25) is 4.79 Å². The van der Waals surface area contributed by atoms with Gasteiger partial charge in [-0.2, -0.15) is 8.78 Å². The van der Waals surface area contributed by atoms with Crippen molar-refractivity contribution in [2.24, 2.45) is 17.8 Å². The third kappa shape index (κ3) is 2.40. The van der Waals surface area contributed by atoms with E-state index in [1.807, 2.05) is 0 Å². The third-order valence-electron chi connectivity index (χ3n) is 4.99. The van der Waals surface area contributed by atoms with Gasteiger partial charge in [-0.25, -0.2) is 4.79 Å². The van der Waals surface area contributed by atoms with Gasteiger partial charge in [0.1, 0.15) is 12.0 Å². The molecule has 0 aromatic carbocycles. The molecule has 4 aliphatic rings. The smallest absolute Gasteiger partial charge is 0.375 e. The molecule has 4 aliphatic carbocycles. The minimum Gasteiger partial charge on any atom is -0.477 e. The van der Waals surface area contributed by atoms with Crippen LogP contribution in [0.15, 0.2) is 0 Å². The predicted molar refractivity (Wildman–Crippen MR) is 64.2 cm³/mol. The molecule has 0 heterocycles. The van der Waals surface area contributed by atoms with Gasteiger partial charge in [-0.05, 0) is 56.3 Å². The first-order valence-corrected chi connectivity index (χ1v) is 7.11. The minimum absolute atomic E-state index is 0.536. The van der Waals surface area contributed by atoms with E-state index in [-0.39, 0.29) is 0 Å². The second-order valence-electron chi connectivity index (χ2n) is 6.76. The summed E-state index contributed by atoms with van der Waals surface area (Å²) in [6.45, 7) is 0. The van der Waals surface area contributed by atoms with Crippen molar-refractivity contribution in [1.82, 2.24) is 0 Å². The molecule has 20 heavy (non-hydrogen) atoms. The highest BCUT2D eigenvalue weighted by Gasteiger charge is 2.54. The van der Waals surface area contributed by atoms with Gasteiger partial charge in [0.15, 0.2) is 0 Å². The van der Waals surface area contributed by atoms with Crippen LogP contribution < -0.4 is 0 Å². The summed E-state index contributed by atoms with van der Waals surface area (Å²) in [5, 5.41) is 8.36. The van der Waals surface area contributed by atoms with Crippen molar-refractivity contribution in [1.29, 1.82) is 0 Å². The van der Waals surface area contributed by atoms with Gasteiger partial charge in [0, 0.05) is 0 Å². The van der Waals surface area contributed by atoms with Crippen molar-refractivity contribution in [3.05, 3.63) is 0 Å². The number of aliphatic carboxylic acids is 1. The Morgan fingerprint density at radius 3 is 1.95 bits per heavy atom. The Morgan fingerprint density at radius 1 is 1.10 bits per heavy atom. The molecule has 6 heteroatoms. The molecule has 0 aromatic rings. The van der Waals surface area contributed by atoms with Gasteiger partial charge in [0.2, 0.25) is 0 Å². The monoisotopic (exact) mass is 288 g/mol. The number of rotatable bonds is 4. The number of halogens is 2. The Labute approximate surface area is 115 Å². The van der Waals surface area contributed by atoms with Crippen LogP contribution in [0.3, 0.4) is 0 Å². The summed E-state index contributed by atoms with van der Waals surface area (Å²) < 4.78 is 31.5. The molecule has 4 rings (SSSR count). The normalized spacial score (nSPS) is 38.8. The molecule has 4 bridgehead atoms. The first kappa shape index (κ1) is 13.8. The number of alkyl halides is 2. The summed E-state index contributed by atoms with van der Waals surface area (Å²) in [5.74, 6) is -5.80. The Hall–Kier alpha value is -1.20. The number of carbonyl (C=O) groups is 2. The lowest BCUT2D eigenvalue weighted by molar-refractivity contribution is -0.196. The largest absolute Gasteiger partial charge is 0.477 e. The van der Waals surface area contributed by atoms with Gasteiger partial charge >= 0.3 is 17.9 Å². The van der Waals surface area contributed by atoms with E-state index in [1.165, 1.54) is 0 Å². The summed E-state index contributed by atoms with van der Waals surface area (Å²) in [6.07, 6.45) is 4.35. The molecule has 0 aliphatic heterocycles. The maximum Gasteiger partial charge on any atom is 0.375 e. The van der Waals surface area contributed by atoms with Crippen molar-refractivity contribution in [2.75, 3.05) is 0 Å². The molecule has 0 amide bonds. The van der Waals surface area contributed by atoms with E-state index in [0.29, 0.717) is 17.8 Å². The highest BCUT2D eigenvalue weighted by atomic mass is 19.3. The van der Waals surface area contributed by atoms with Gasteiger partial charge in [-0.15, -0.1) is 0 Å². The number of hydrogen-bond acceptors (Lipinski definition) is 3. The van der Waals surface area contributed by atoms with Crippen molar-refractivity contribution >= 4 is 11.9 Å². The maximum absolute atomic E-state index is 13.1. The Kier molecular flexibility index (Phi) is 3.03. The van der Waals surface area contributed by atoms with Crippen LogP contribution >= 0.6 is 0 Å². The summed E-state index contributed by atoms with van der Waals surface area (Å²) >= 11 is 0. The highest BCUT2D eigenvalue weighted by Crippen LogP contribution is 2.57. The zero-order valence-corrected chi connectivity index (χ0v) is 11.1. The molecular weight excluding hydrogens is 270 g/mol. The van der Waals surface area contributed by atoms with Gasteiger partial charge in [0.25, 0.3) is 0 Å². The maximum atomic E-state index is 13.1. The summed E-state index contributed by atoms with van der Waals surface area (Å²) in [6, 6.07) is 0. The van der Waals surface area contributed by atoms with E-state index in [1.54, 1.807) is 0 Å². The molecule has 4 saturated carbocycles. The average Bonchev–Trinajstić information content (AvgIpc) is 2.24. The summed E-state index contributed by atoms with van der Waals surface area (Å²) in [4.78, 5) is 22.0. The molecule has 112 valence electrons. The van der Waals surface area contributed by atoms with Crippen molar-refractivity contribution in [2.45, 2.75) is 56.5 Å². The number of esters is 1. The standard InChI is InChI=1S/C14H18F2O4/c15-14(16,12(18)19)7-11(17)20-13-4-8-1-9(5-13)3-10(2-8)6-13/h8-10H,1-7H2,(H,18,19). The highest BCUT2D eigenvalue weighted by molar-refractivity contribution is 5.83. The zero-order chi connectivity index (χ0) is 14.5. The molecule has 4 fully saturated rings. The van der Waals surface area contributed by atoms with Crippen molar-refractivity contribution < 1.29 is 28.2 Å². The molecular formula is C14H18F2O4. The van der Waals surface area contributed by atoms with Crippen LogP contribution in [-0.2, 0) is 14.3 Å². The number of carboxylic acid groups (broad SMARTS) is 1. The van der Waals surface area contributed by atoms with E-state index >= 15 is 0 Å². The van der Waals surface area contributed by atoms with Crippen molar-refractivity contribution in [3.63, 3.8) is 0 Å². The lowest BCUT2D eigenvalue weighted by atomic mass is 9.54. The molecule has 0 radical (unpaired) electrons. The Morgan fingerprint density at radius 2 is 1.55 bits per heavy atom. The van der Waals surface area contributed by atoms with E-state index < -0.39 is 29.9 Å². The summed E-state index contributed by atoms with van der Waals surface area (Å²) in [5.41, 5.74) is -0.597. The summed E-state index contributed by atoms with van der Waals surface area (Å²) in [7, 11) is 0. The first-order valence-electron chi connectivity index (χ1n) is 7.11. The van der Waals surface area contributed by atoms with E-state index in [4.69, 9.17) is 9.84 Å². The lowest BCUT2D eigenvalue weighted by Crippen LogP contribution is -2.53. The first-order chi connectivity index (χ1) is 9.28. The predicted octanol–water partition coefficient (Wildman–Crippen LogP) is 2.61. The van der Waals surface area contributed by atoms with E-state index in [9.17, 15) is 18.4 Å². The fraction of sp³-hybridized carbons (Fsp3) is 0.857. The van der Waals surface area contributed by atoms with Crippen LogP contribution in [0.2, 0.25) is 0 Å². The second kappa shape index (κ2) is 4.40. The molecule has 0 spiro atoms. The van der Waals surface area contributed by atoms with Gasteiger partial charge in [-0.1, -0.05) is 0 Å². The number of carbonyl (C=O) groups excluding carboxylic acids is 1. The Bertz CT molecular complexity index is 411. The lowest BCUT2D eigenvalue weighted by Gasteiger charge is -2.55. The van der Waals surface area contributed by atoms with E-state index in [2.05, 4.69) is 0 Å². The van der Waals surface area contributed by atoms with Crippen LogP contribution in [0.4, 0.5) is 8.78 Å². The average molecular weight is 288 g/mol. The quantitative estimate of drug-likeness (QED) is 0.808. The topological polar surface area (TPSA) is 63.6 Å². The molecule has 0 atom stereocenters. The molecule has 0 aromatic heterocycles. The molecule has 4 nitrogen and oxygen atoms in total. The fourth-order valence-electron chi connectivity index (χ4n) is 4.69. The van der Waals surface area contributed by atoms with Crippen LogP contribution in [0.1, 0.15) is 44.9 Å². The van der Waals surface area contributed by atoms with Crippen LogP contribution in [0, 0.1) is 17.8 Å². The van der Waals surface area contributed by atoms with Crippen molar-refractivity contribution in [3.8, 4) is 0 Å². The molecule has 1 N–H and O–H groups in total. The molecule has 0 unspecified atom stereocenters. The van der Waals surface area contributed by atoms with Crippen LogP contribution in [0.25, 0.3) is 0 Å². The number of ether oxygens (including phenoxy) is 1.